The number of benzene rings is 1. The van der Waals surface area contributed by atoms with Crippen LogP contribution in [0.25, 0.3) is 0 Å². The highest BCUT2D eigenvalue weighted by Gasteiger charge is 2.25. The maximum Gasteiger partial charge on any atom is 0.256 e. The van der Waals surface area contributed by atoms with Gasteiger partial charge in [-0.3, -0.25) is 9.59 Å². The minimum Gasteiger partial charge on any atom is -0.371 e. The minimum atomic E-state index is 0.0485. The van der Waals surface area contributed by atoms with Crippen LogP contribution in [0.2, 0.25) is 0 Å². The van der Waals surface area contributed by atoms with E-state index in [4.69, 9.17) is 0 Å². The number of anilines is 2. The van der Waals surface area contributed by atoms with Gasteiger partial charge in [-0.15, -0.1) is 0 Å². The number of rotatable bonds is 9. The monoisotopic (exact) mass is 427 g/mol. The van der Waals surface area contributed by atoms with Gasteiger partial charge < -0.3 is 15.1 Å². The van der Waals surface area contributed by atoms with E-state index in [0.29, 0.717) is 6.42 Å². The van der Waals surface area contributed by atoms with Crippen molar-refractivity contribution in [2.24, 2.45) is 5.92 Å². The molecule has 31 heavy (non-hydrogen) atoms. The predicted molar refractivity (Wildman–Crippen MR) is 129 cm³/mol. The average molecular weight is 428 g/mol. The Hall–Kier alpha value is -2.04. The van der Waals surface area contributed by atoms with Crippen molar-refractivity contribution in [3.05, 3.63) is 23.8 Å². The molecule has 1 N–H and O–H groups in total. The third kappa shape index (κ3) is 6.98. The summed E-state index contributed by atoms with van der Waals surface area (Å²) in [6.07, 6.45) is 11.9. The van der Waals surface area contributed by atoms with Crippen molar-refractivity contribution in [3.8, 4) is 0 Å². The van der Waals surface area contributed by atoms with Crippen LogP contribution in [0.3, 0.4) is 0 Å². The number of piperidine rings is 2. The Morgan fingerprint density at radius 3 is 2.39 bits per heavy atom. The molecule has 0 atom stereocenters. The Balaban J connectivity index is 1.71. The summed E-state index contributed by atoms with van der Waals surface area (Å²) in [4.78, 5) is 30.2. The van der Waals surface area contributed by atoms with E-state index in [-0.39, 0.29) is 11.8 Å². The van der Waals surface area contributed by atoms with E-state index < -0.39 is 0 Å². The number of likely N-dealkylation sites (tertiary alicyclic amines) is 1. The normalized spacial score (nSPS) is 17.6. The number of nitrogens with one attached hydrogen (secondary N) is 1. The lowest BCUT2D eigenvalue weighted by molar-refractivity contribution is -0.116. The summed E-state index contributed by atoms with van der Waals surface area (Å²) >= 11 is 0. The molecule has 2 heterocycles. The summed E-state index contributed by atoms with van der Waals surface area (Å²) in [5.74, 6) is 0.907. The highest BCUT2D eigenvalue weighted by atomic mass is 16.2. The fourth-order valence-electron chi connectivity index (χ4n) is 4.69. The van der Waals surface area contributed by atoms with E-state index in [1.165, 1.54) is 25.7 Å². The molecule has 5 nitrogen and oxygen atoms in total. The molecule has 3 rings (SSSR count). The molecule has 0 saturated carbocycles. The molecule has 2 fully saturated rings. The van der Waals surface area contributed by atoms with Crippen LogP contribution in [0, 0.1) is 5.92 Å². The first-order valence-electron chi connectivity index (χ1n) is 12.6. The van der Waals surface area contributed by atoms with Crippen LogP contribution >= 0.6 is 0 Å². The molecular weight excluding hydrogens is 386 g/mol. The first-order chi connectivity index (χ1) is 15.1. The van der Waals surface area contributed by atoms with Crippen molar-refractivity contribution in [3.63, 3.8) is 0 Å². The first kappa shape index (κ1) is 23.6. The lowest BCUT2D eigenvalue weighted by Gasteiger charge is -2.35. The van der Waals surface area contributed by atoms with Crippen molar-refractivity contribution in [2.75, 3.05) is 36.4 Å². The van der Waals surface area contributed by atoms with Gasteiger partial charge >= 0.3 is 0 Å². The number of hydrogen-bond acceptors (Lipinski definition) is 3. The molecule has 0 aromatic heterocycles. The molecule has 0 unspecified atom stereocenters. The van der Waals surface area contributed by atoms with Crippen LogP contribution < -0.4 is 10.2 Å². The molecular formula is C26H41N3O2. The van der Waals surface area contributed by atoms with Crippen molar-refractivity contribution < 1.29 is 9.59 Å². The molecule has 172 valence electrons. The average Bonchev–Trinajstić information content (AvgIpc) is 2.79. The maximum atomic E-state index is 13.4. The molecule has 2 amide bonds. The third-order valence-corrected chi connectivity index (χ3v) is 6.79. The van der Waals surface area contributed by atoms with Gasteiger partial charge in [-0.2, -0.15) is 0 Å². The van der Waals surface area contributed by atoms with Crippen molar-refractivity contribution >= 4 is 23.2 Å². The summed E-state index contributed by atoms with van der Waals surface area (Å²) in [5.41, 5.74) is 2.52. The highest BCUT2D eigenvalue weighted by Crippen LogP contribution is 2.30. The van der Waals surface area contributed by atoms with Gasteiger partial charge in [0, 0.05) is 44.0 Å². The van der Waals surface area contributed by atoms with Gasteiger partial charge in [0.25, 0.3) is 5.91 Å². The van der Waals surface area contributed by atoms with Gasteiger partial charge in [0.2, 0.25) is 5.91 Å². The molecule has 5 heteroatoms. The maximum absolute atomic E-state index is 13.4. The molecule has 0 aliphatic carbocycles. The van der Waals surface area contributed by atoms with E-state index in [0.717, 1.165) is 87.6 Å². The van der Waals surface area contributed by atoms with Gasteiger partial charge in [-0.05, 0) is 62.6 Å². The Labute approximate surface area is 188 Å². The van der Waals surface area contributed by atoms with E-state index in [2.05, 4.69) is 24.1 Å². The number of carbonyl (C=O) groups excluding carboxylic acids is 2. The minimum absolute atomic E-state index is 0.0485. The summed E-state index contributed by atoms with van der Waals surface area (Å²) in [5, 5.41) is 3.04. The van der Waals surface area contributed by atoms with Crippen LogP contribution in [0.5, 0.6) is 0 Å². The zero-order valence-electron chi connectivity index (χ0n) is 19.6. The lowest BCUT2D eigenvalue weighted by Crippen LogP contribution is -2.38. The Bertz CT molecular complexity index is 719. The van der Waals surface area contributed by atoms with Gasteiger partial charge in [0.05, 0.1) is 5.56 Å². The molecule has 0 bridgehead atoms. The molecule has 2 saturated heterocycles. The molecule has 0 spiro atoms. The van der Waals surface area contributed by atoms with E-state index in [9.17, 15) is 9.59 Å². The van der Waals surface area contributed by atoms with Crippen molar-refractivity contribution in [2.45, 2.75) is 84.5 Å². The van der Waals surface area contributed by atoms with Gasteiger partial charge in [0.15, 0.2) is 0 Å². The SMILES string of the molecule is CCCCCCCC(=O)Nc1ccc(N2CCC(C)CC2)c(C(=O)N2CCCCC2)c1. The molecule has 0 radical (unpaired) electrons. The quantitative estimate of drug-likeness (QED) is 0.503. The second kappa shape index (κ2) is 12.1. The standard InChI is InChI=1S/C26H41N3O2/c1-3-4-5-6-8-11-25(30)27-22-12-13-24(28-18-14-21(2)15-19-28)23(20-22)26(31)29-16-9-7-10-17-29/h12-13,20-21H,3-11,14-19H2,1-2H3,(H,27,30). The number of carbonyl (C=O) groups is 2. The molecule has 1 aromatic rings. The Kier molecular flexibility index (Phi) is 9.23. The lowest BCUT2D eigenvalue weighted by atomic mass is 9.97. The van der Waals surface area contributed by atoms with Crippen LogP contribution in [-0.4, -0.2) is 42.9 Å². The fourth-order valence-corrected chi connectivity index (χ4v) is 4.69. The predicted octanol–water partition coefficient (Wildman–Crippen LogP) is 5.85. The van der Waals surface area contributed by atoms with Crippen LogP contribution in [0.4, 0.5) is 11.4 Å². The van der Waals surface area contributed by atoms with Gasteiger partial charge in [-0.25, -0.2) is 0 Å². The van der Waals surface area contributed by atoms with E-state index in [1.807, 2.05) is 23.1 Å². The highest BCUT2D eigenvalue weighted by molar-refractivity contribution is 6.02. The summed E-state index contributed by atoms with van der Waals surface area (Å²) in [6.45, 7) is 8.16. The largest absolute Gasteiger partial charge is 0.371 e. The number of hydrogen-bond donors (Lipinski definition) is 1. The molecule has 2 aliphatic heterocycles. The Morgan fingerprint density at radius 2 is 1.68 bits per heavy atom. The summed E-state index contributed by atoms with van der Waals surface area (Å²) in [6, 6.07) is 5.93. The van der Waals surface area contributed by atoms with Crippen molar-refractivity contribution in [1.29, 1.82) is 0 Å². The van der Waals surface area contributed by atoms with E-state index in [1.54, 1.807) is 0 Å². The zero-order chi connectivity index (χ0) is 22.1. The van der Waals surface area contributed by atoms with Crippen molar-refractivity contribution in [1.82, 2.24) is 4.90 Å². The number of unbranched alkanes of at least 4 members (excludes halogenated alkanes) is 4. The summed E-state index contributed by atoms with van der Waals surface area (Å²) < 4.78 is 0. The number of nitrogens with zero attached hydrogens (tertiary/aromatic N) is 2. The summed E-state index contributed by atoms with van der Waals surface area (Å²) in [7, 11) is 0. The zero-order valence-corrected chi connectivity index (χ0v) is 19.6. The molecule has 2 aliphatic rings. The molecule has 1 aromatic carbocycles. The fraction of sp³-hybridized carbons (Fsp3) is 0.692. The van der Waals surface area contributed by atoms with Gasteiger partial charge in [-0.1, -0.05) is 39.5 Å². The third-order valence-electron chi connectivity index (χ3n) is 6.79. The Morgan fingerprint density at radius 1 is 0.968 bits per heavy atom. The number of amides is 2. The smallest absolute Gasteiger partial charge is 0.256 e. The van der Waals surface area contributed by atoms with Gasteiger partial charge in [0.1, 0.15) is 0 Å². The van der Waals surface area contributed by atoms with Crippen LogP contribution in [0.15, 0.2) is 18.2 Å². The first-order valence-corrected chi connectivity index (χ1v) is 12.6. The topological polar surface area (TPSA) is 52.7 Å². The second-order valence-corrected chi connectivity index (χ2v) is 9.47. The van der Waals surface area contributed by atoms with Crippen LogP contribution in [-0.2, 0) is 4.79 Å². The van der Waals surface area contributed by atoms with Crippen LogP contribution in [0.1, 0.15) is 94.8 Å². The van der Waals surface area contributed by atoms with E-state index >= 15 is 0 Å². The second-order valence-electron chi connectivity index (χ2n) is 9.47.